The van der Waals surface area contributed by atoms with Gasteiger partial charge >= 0.3 is 0 Å². The van der Waals surface area contributed by atoms with Gasteiger partial charge in [0.15, 0.2) is 0 Å². The molecule has 2 aromatic rings. The molecule has 0 radical (unpaired) electrons. The molecule has 0 atom stereocenters. The normalized spacial score (nSPS) is 15.4. The van der Waals surface area contributed by atoms with Gasteiger partial charge in [-0.3, -0.25) is 9.69 Å². The monoisotopic (exact) mass is 360 g/mol. The summed E-state index contributed by atoms with van der Waals surface area (Å²) in [5.41, 5.74) is 2.23. The van der Waals surface area contributed by atoms with Gasteiger partial charge in [-0.2, -0.15) is 0 Å². The fourth-order valence-corrected chi connectivity index (χ4v) is 3.19. The summed E-state index contributed by atoms with van der Waals surface area (Å²) < 4.78 is 13.0. The van der Waals surface area contributed by atoms with Crippen LogP contribution in [0.4, 0.5) is 4.39 Å². The Kier molecular flexibility index (Phi) is 6.05. The van der Waals surface area contributed by atoms with Gasteiger partial charge in [-0.15, -0.1) is 0 Å². The number of carbonyl (C=O) groups excluding carboxylic acids is 1. The van der Waals surface area contributed by atoms with Crippen molar-refractivity contribution in [2.75, 3.05) is 26.2 Å². The molecule has 0 N–H and O–H groups in total. The summed E-state index contributed by atoms with van der Waals surface area (Å²) in [7, 11) is 0. The number of nitrogens with zero attached hydrogens (tertiary/aromatic N) is 2. The zero-order valence-electron chi connectivity index (χ0n) is 14.1. The van der Waals surface area contributed by atoms with Crippen molar-refractivity contribution in [2.24, 2.45) is 0 Å². The van der Waals surface area contributed by atoms with E-state index in [1.54, 1.807) is 0 Å². The van der Waals surface area contributed by atoms with Crippen LogP contribution < -0.4 is 0 Å². The topological polar surface area (TPSA) is 23.6 Å². The van der Waals surface area contributed by atoms with Gasteiger partial charge in [-0.05, 0) is 41.8 Å². The average molecular weight is 361 g/mol. The van der Waals surface area contributed by atoms with E-state index in [0.29, 0.717) is 11.4 Å². The Morgan fingerprint density at radius 2 is 1.52 bits per heavy atom. The van der Waals surface area contributed by atoms with Crippen LogP contribution in [0.2, 0.25) is 5.02 Å². The van der Waals surface area contributed by atoms with Crippen molar-refractivity contribution in [2.45, 2.75) is 19.4 Å². The first-order chi connectivity index (χ1) is 12.1. The lowest BCUT2D eigenvalue weighted by Crippen LogP contribution is -2.48. The van der Waals surface area contributed by atoms with Crippen molar-refractivity contribution in [3.8, 4) is 0 Å². The second-order valence-electron chi connectivity index (χ2n) is 6.41. The van der Waals surface area contributed by atoms with E-state index in [9.17, 15) is 9.18 Å². The van der Waals surface area contributed by atoms with Gasteiger partial charge in [0.25, 0.3) is 0 Å². The van der Waals surface area contributed by atoms with Crippen molar-refractivity contribution >= 4 is 17.5 Å². The van der Waals surface area contributed by atoms with E-state index in [0.717, 1.165) is 50.3 Å². The second-order valence-corrected chi connectivity index (χ2v) is 6.85. The fraction of sp³-hybridized carbons (Fsp3) is 0.350. The summed E-state index contributed by atoms with van der Waals surface area (Å²) in [6.45, 7) is 4.00. The Morgan fingerprint density at radius 3 is 2.16 bits per heavy atom. The molecule has 1 amide bonds. The molecule has 1 aliphatic heterocycles. The molecule has 0 aromatic heterocycles. The number of piperazine rings is 1. The number of aryl methyl sites for hydroxylation is 1. The minimum Gasteiger partial charge on any atom is -0.340 e. The Bertz CT molecular complexity index is 695. The molecule has 3 rings (SSSR count). The molecule has 3 nitrogen and oxygen atoms in total. The molecule has 1 fully saturated rings. The maximum Gasteiger partial charge on any atom is 0.222 e. The highest BCUT2D eigenvalue weighted by atomic mass is 35.5. The van der Waals surface area contributed by atoms with Crippen molar-refractivity contribution < 1.29 is 9.18 Å². The number of benzene rings is 2. The van der Waals surface area contributed by atoms with Gasteiger partial charge in [0.05, 0.1) is 0 Å². The molecule has 25 heavy (non-hydrogen) atoms. The smallest absolute Gasteiger partial charge is 0.222 e. The van der Waals surface area contributed by atoms with Crippen molar-refractivity contribution in [1.82, 2.24) is 9.80 Å². The average Bonchev–Trinajstić information content (AvgIpc) is 2.63. The molecule has 1 saturated heterocycles. The Balaban J connectivity index is 1.42. The van der Waals surface area contributed by atoms with Crippen LogP contribution in [0.3, 0.4) is 0 Å². The maximum atomic E-state index is 13.0. The number of hydrogen-bond donors (Lipinski definition) is 0. The lowest BCUT2D eigenvalue weighted by Gasteiger charge is -2.34. The molecule has 0 aliphatic carbocycles. The zero-order valence-corrected chi connectivity index (χ0v) is 14.9. The number of amides is 1. The SMILES string of the molecule is O=C(CCc1ccc(Cl)cc1)N1CCN(Cc2ccc(F)cc2)CC1. The van der Waals surface area contributed by atoms with Gasteiger partial charge in [0, 0.05) is 44.2 Å². The third-order valence-corrected chi connectivity index (χ3v) is 4.84. The Labute approximate surface area is 153 Å². The number of halogens is 2. The van der Waals surface area contributed by atoms with E-state index in [4.69, 9.17) is 11.6 Å². The summed E-state index contributed by atoms with van der Waals surface area (Å²) in [6, 6.07) is 14.3. The summed E-state index contributed by atoms with van der Waals surface area (Å²) in [4.78, 5) is 16.6. The highest BCUT2D eigenvalue weighted by molar-refractivity contribution is 6.30. The van der Waals surface area contributed by atoms with Crippen LogP contribution in [0, 0.1) is 5.82 Å². The Morgan fingerprint density at radius 1 is 0.920 bits per heavy atom. The highest BCUT2D eigenvalue weighted by Gasteiger charge is 2.20. The quantitative estimate of drug-likeness (QED) is 0.810. The van der Waals surface area contributed by atoms with Crippen molar-refractivity contribution in [1.29, 1.82) is 0 Å². The summed E-state index contributed by atoms with van der Waals surface area (Å²) in [6.07, 6.45) is 1.27. The Hall–Kier alpha value is -1.91. The number of carbonyl (C=O) groups is 1. The predicted octanol–water partition coefficient (Wildman–Crippen LogP) is 3.76. The van der Waals surface area contributed by atoms with E-state index in [-0.39, 0.29) is 11.7 Å². The molecule has 0 saturated carbocycles. The molecular formula is C20H22ClFN2O. The van der Waals surface area contributed by atoms with Gasteiger partial charge in [0.1, 0.15) is 5.82 Å². The molecule has 0 spiro atoms. The molecule has 1 aliphatic rings. The van der Waals surface area contributed by atoms with Crippen LogP contribution in [-0.4, -0.2) is 41.9 Å². The third-order valence-electron chi connectivity index (χ3n) is 4.59. The van der Waals surface area contributed by atoms with Crippen molar-refractivity contribution in [3.05, 3.63) is 70.5 Å². The first kappa shape index (κ1) is 17.9. The van der Waals surface area contributed by atoms with E-state index in [1.807, 2.05) is 41.3 Å². The van der Waals surface area contributed by atoms with E-state index < -0.39 is 0 Å². The standard InChI is InChI=1S/C20H22ClFN2O/c21-18-6-1-16(2-7-18)5-10-20(25)24-13-11-23(12-14-24)15-17-3-8-19(22)9-4-17/h1-4,6-9H,5,10-15H2. The van der Waals surface area contributed by atoms with Crippen LogP contribution in [0.1, 0.15) is 17.5 Å². The first-order valence-electron chi connectivity index (χ1n) is 8.59. The first-order valence-corrected chi connectivity index (χ1v) is 8.97. The van der Waals surface area contributed by atoms with E-state index in [2.05, 4.69) is 4.90 Å². The fourth-order valence-electron chi connectivity index (χ4n) is 3.06. The van der Waals surface area contributed by atoms with E-state index in [1.165, 1.54) is 12.1 Å². The van der Waals surface area contributed by atoms with Gasteiger partial charge in [-0.1, -0.05) is 35.9 Å². The zero-order chi connectivity index (χ0) is 17.6. The molecule has 1 heterocycles. The third kappa shape index (κ3) is 5.28. The lowest BCUT2D eigenvalue weighted by molar-refractivity contribution is -0.133. The summed E-state index contributed by atoms with van der Waals surface area (Å²) >= 11 is 5.88. The maximum absolute atomic E-state index is 13.0. The van der Waals surface area contributed by atoms with Crippen molar-refractivity contribution in [3.63, 3.8) is 0 Å². The van der Waals surface area contributed by atoms with Crippen LogP contribution >= 0.6 is 11.6 Å². The highest BCUT2D eigenvalue weighted by Crippen LogP contribution is 2.13. The van der Waals surface area contributed by atoms with Gasteiger partial charge in [-0.25, -0.2) is 4.39 Å². The lowest BCUT2D eigenvalue weighted by atomic mass is 10.1. The summed E-state index contributed by atoms with van der Waals surface area (Å²) in [5.74, 6) is -0.00349. The number of hydrogen-bond acceptors (Lipinski definition) is 2. The van der Waals surface area contributed by atoms with E-state index >= 15 is 0 Å². The number of rotatable bonds is 5. The summed E-state index contributed by atoms with van der Waals surface area (Å²) in [5, 5.41) is 0.715. The molecule has 5 heteroatoms. The van der Waals surface area contributed by atoms with Gasteiger partial charge in [0.2, 0.25) is 5.91 Å². The van der Waals surface area contributed by atoms with Crippen LogP contribution in [0.5, 0.6) is 0 Å². The molecule has 2 aromatic carbocycles. The van der Waals surface area contributed by atoms with Gasteiger partial charge < -0.3 is 4.90 Å². The van der Waals surface area contributed by atoms with Crippen LogP contribution in [-0.2, 0) is 17.8 Å². The van der Waals surface area contributed by atoms with Crippen LogP contribution in [0.25, 0.3) is 0 Å². The predicted molar refractivity (Wildman–Crippen MR) is 98.0 cm³/mol. The molecule has 0 unspecified atom stereocenters. The minimum absolute atomic E-state index is 0.205. The second kappa shape index (κ2) is 8.45. The molecule has 0 bridgehead atoms. The van der Waals surface area contributed by atoms with Crippen LogP contribution in [0.15, 0.2) is 48.5 Å². The molecule has 132 valence electrons. The molecular weight excluding hydrogens is 339 g/mol. The largest absolute Gasteiger partial charge is 0.340 e. The minimum atomic E-state index is -0.208.